The van der Waals surface area contributed by atoms with Gasteiger partial charge in [0.05, 0.1) is 11.4 Å². The first-order valence-corrected chi connectivity index (χ1v) is 11.4. The SMILES string of the molecule is COC(=O)c1sc(Cl)cc1S(=O)(=O)N1CCN(CC=Cc2ccccc2)CC1. The van der Waals surface area contributed by atoms with Gasteiger partial charge in [0.2, 0.25) is 10.0 Å². The van der Waals surface area contributed by atoms with E-state index in [1.165, 1.54) is 17.5 Å². The fraction of sp³-hybridized carbons (Fsp3) is 0.316. The molecular formula is C19H21ClN2O4S2. The quantitative estimate of drug-likeness (QED) is 0.645. The van der Waals surface area contributed by atoms with Gasteiger partial charge in [-0.25, -0.2) is 13.2 Å². The molecule has 1 fully saturated rings. The van der Waals surface area contributed by atoms with Crippen LogP contribution in [0.2, 0.25) is 4.34 Å². The molecule has 2 aromatic rings. The number of thiophene rings is 1. The second-order valence-electron chi connectivity index (χ2n) is 6.25. The van der Waals surface area contributed by atoms with Crippen LogP contribution in [-0.2, 0) is 14.8 Å². The number of carbonyl (C=O) groups excluding carboxylic acids is 1. The predicted octanol–water partition coefficient (Wildman–Crippen LogP) is 3.21. The number of hydrogen-bond donors (Lipinski definition) is 0. The Balaban J connectivity index is 1.63. The third kappa shape index (κ3) is 4.82. The number of ether oxygens (including phenoxy) is 1. The highest BCUT2D eigenvalue weighted by Gasteiger charge is 2.33. The number of piperazine rings is 1. The van der Waals surface area contributed by atoms with Crippen LogP contribution in [0.4, 0.5) is 0 Å². The molecule has 0 aliphatic carbocycles. The molecule has 0 radical (unpaired) electrons. The topological polar surface area (TPSA) is 66.9 Å². The fourth-order valence-corrected chi connectivity index (χ4v) is 6.09. The number of esters is 1. The van der Waals surface area contributed by atoms with Crippen molar-refractivity contribution in [2.45, 2.75) is 4.90 Å². The van der Waals surface area contributed by atoms with Crippen molar-refractivity contribution >= 4 is 45.0 Å². The minimum Gasteiger partial charge on any atom is -0.465 e. The summed E-state index contributed by atoms with van der Waals surface area (Å²) in [6, 6.07) is 11.3. The molecule has 1 aromatic carbocycles. The molecule has 0 atom stereocenters. The number of sulfonamides is 1. The van der Waals surface area contributed by atoms with E-state index in [4.69, 9.17) is 11.6 Å². The van der Waals surface area contributed by atoms with Crippen LogP contribution in [0.25, 0.3) is 6.08 Å². The summed E-state index contributed by atoms with van der Waals surface area (Å²) in [6.07, 6.45) is 4.13. The Kier molecular flexibility index (Phi) is 6.90. The van der Waals surface area contributed by atoms with Crippen LogP contribution in [0.5, 0.6) is 0 Å². The molecule has 9 heteroatoms. The van der Waals surface area contributed by atoms with Gasteiger partial charge in [0, 0.05) is 32.7 Å². The van der Waals surface area contributed by atoms with E-state index in [2.05, 4.69) is 21.8 Å². The average Bonchev–Trinajstić information content (AvgIpc) is 3.11. The van der Waals surface area contributed by atoms with Crippen LogP contribution in [-0.4, -0.2) is 63.4 Å². The van der Waals surface area contributed by atoms with Gasteiger partial charge >= 0.3 is 5.97 Å². The highest BCUT2D eigenvalue weighted by atomic mass is 35.5. The first-order valence-electron chi connectivity index (χ1n) is 8.73. The second-order valence-corrected chi connectivity index (χ2v) is 9.84. The van der Waals surface area contributed by atoms with Gasteiger partial charge in [0.25, 0.3) is 0 Å². The average molecular weight is 441 g/mol. The number of hydrogen-bond acceptors (Lipinski definition) is 6. The summed E-state index contributed by atoms with van der Waals surface area (Å²) in [5.74, 6) is -0.694. The van der Waals surface area contributed by atoms with E-state index in [9.17, 15) is 13.2 Å². The van der Waals surface area contributed by atoms with E-state index in [1.807, 2.05) is 30.3 Å². The van der Waals surface area contributed by atoms with Gasteiger partial charge in [-0.3, -0.25) is 4.90 Å². The number of methoxy groups -OCH3 is 1. The van der Waals surface area contributed by atoms with Crippen molar-refractivity contribution in [2.75, 3.05) is 39.8 Å². The maximum absolute atomic E-state index is 13.0. The zero-order chi connectivity index (χ0) is 20.1. The third-order valence-corrected chi connectivity index (χ3v) is 7.76. The summed E-state index contributed by atoms with van der Waals surface area (Å²) >= 11 is 6.87. The van der Waals surface area contributed by atoms with Crippen molar-refractivity contribution in [1.29, 1.82) is 0 Å². The number of halogens is 1. The van der Waals surface area contributed by atoms with E-state index in [0.29, 0.717) is 26.2 Å². The Labute approximate surface area is 174 Å². The minimum absolute atomic E-state index is 0.0146. The summed E-state index contributed by atoms with van der Waals surface area (Å²) in [6.45, 7) is 2.69. The van der Waals surface area contributed by atoms with Gasteiger partial charge in [-0.15, -0.1) is 11.3 Å². The Morgan fingerprint density at radius 1 is 1.21 bits per heavy atom. The van der Waals surface area contributed by atoms with E-state index in [0.717, 1.165) is 23.4 Å². The molecule has 1 aromatic heterocycles. The summed E-state index contributed by atoms with van der Waals surface area (Å²) in [5, 5.41) is 0. The normalized spacial score (nSPS) is 16.5. The highest BCUT2D eigenvalue weighted by molar-refractivity contribution is 7.89. The lowest BCUT2D eigenvalue weighted by molar-refractivity contribution is 0.0602. The first kappa shape index (κ1) is 21.0. The number of rotatable bonds is 6. The summed E-state index contributed by atoms with van der Waals surface area (Å²) in [7, 11) is -2.58. The predicted molar refractivity (Wildman–Crippen MR) is 111 cm³/mol. The van der Waals surface area contributed by atoms with Crippen molar-refractivity contribution < 1.29 is 17.9 Å². The van der Waals surface area contributed by atoms with Crippen molar-refractivity contribution in [3.63, 3.8) is 0 Å². The number of carbonyl (C=O) groups is 1. The maximum atomic E-state index is 13.0. The lowest BCUT2D eigenvalue weighted by Crippen LogP contribution is -2.48. The first-order chi connectivity index (χ1) is 13.4. The Morgan fingerprint density at radius 2 is 1.89 bits per heavy atom. The fourth-order valence-electron chi connectivity index (χ4n) is 2.97. The lowest BCUT2D eigenvalue weighted by Gasteiger charge is -2.33. The third-order valence-electron chi connectivity index (χ3n) is 4.46. The van der Waals surface area contributed by atoms with Crippen molar-refractivity contribution in [2.24, 2.45) is 0 Å². The van der Waals surface area contributed by atoms with Crippen molar-refractivity contribution in [3.05, 3.63) is 57.3 Å². The van der Waals surface area contributed by atoms with Gasteiger partial charge in [0.15, 0.2) is 0 Å². The zero-order valence-electron chi connectivity index (χ0n) is 15.4. The van der Waals surface area contributed by atoms with E-state index >= 15 is 0 Å². The van der Waals surface area contributed by atoms with Crippen LogP contribution in [0, 0.1) is 0 Å². The molecule has 0 bridgehead atoms. The minimum atomic E-state index is -3.80. The molecule has 0 unspecified atom stereocenters. The zero-order valence-corrected chi connectivity index (χ0v) is 17.8. The molecular weight excluding hydrogens is 420 g/mol. The van der Waals surface area contributed by atoms with Crippen LogP contribution in [0.1, 0.15) is 15.2 Å². The second kappa shape index (κ2) is 9.19. The Hall–Kier alpha value is -1.71. The molecule has 1 saturated heterocycles. The molecule has 1 aliphatic heterocycles. The summed E-state index contributed by atoms with van der Waals surface area (Å²) in [5.41, 5.74) is 1.13. The Morgan fingerprint density at radius 3 is 2.54 bits per heavy atom. The Bertz CT molecular complexity index is 950. The van der Waals surface area contributed by atoms with Crippen LogP contribution >= 0.6 is 22.9 Å². The molecule has 2 heterocycles. The largest absolute Gasteiger partial charge is 0.465 e. The van der Waals surface area contributed by atoms with Gasteiger partial charge in [0.1, 0.15) is 9.77 Å². The molecule has 0 saturated carbocycles. The van der Waals surface area contributed by atoms with Crippen LogP contribution in [0.15, 0.2) is 47.4 Å². The van der Waals surface area contributed by atoms with Gasteiger partial charge in [-0.2, -0.15) is 4.31 Å². The number of benzene rings is 1. The molecule has 0 amide bonds. The van der Waals surface area contributed by atoms with Crippen molar-refractivity contribution in [1.82, 2.24) is 9.21 Å². The summed E-state index contributed by atoms with van der Waals surface area (Å²) in [4.78, 5) is 14.0. The molecule has 1 aliphatic rings. The molecule has 28 heavy (non-hydrogen) atoms. The molecule has 0 spiro atoms. The van der Waals surface area contributed by atoms with Gasteiger partial charge in [-0.1, -0.05) is 54.1 Å². The van der Waals surface area contributed by atoms with Crippen LogP contribution < -0.4 is 0 Å². The maximum Gasteiger partial charge on any atom is 0.349 e. The summed E-state index contributed by atoms with van der Waals surface area (Å²) < 4.78 is 32.3. The van der Waals surface area contributed by atoms with E-state index < -0.39 is 16.0 Å². The van der Waals surface area contributed by atoms with E-state index in [-0.39, 0.29) is 14.1 Å². The number of nitrogens with zero attached hydrogens (tertiary/aromatic N) is 2. The molecule has 6 nitrogen and oxygen atoms in total. The monoisotopic (exact) mass is 440 g/mol. The van der Waals surface area contributed by atoms with Gasteiger partial charge < -0.3 is 4.74 Å². The van der Waals surface area contributed by atoms with Crippen LogP contribution in [0.3, 0.4) is 0 Å². The molecule has 3 rings (SSSR count). The molecule has 0 N–H and O–H groups in total. The lowest BCUT2D eigenvalue weighted by atomic mass is 10.2. The van der Waals surface area contributed by atoms with Gasteiger partial charge in [-0.05, 0) is 11.6 Å². The smallest absolute Gasteiger partial charge is 0.349 e. The highest BCUT2D eigenvalue weighted by Crippen LogP contribution is 2.33. The van der Waals surface area contributed by atoms with Crippen molar-refractivity contribution in [3.8, 4) is 0 Å². The van der Waals surface area contributed by atoms with E-state index in [1.54, 1.807) is 0 Å². The molecule has 150 valence electrons. The standard InChI is InChI=1S/C19H21ClN2O4S2/c1-26-19(23)18-16(14-17(20)27-18)28(24,25)22-12-10-21(11-13-22)9-5-8-15-6-3-2-4-7-15/h2-8,14H,9-13H2,1H3.